The molecule has 4 rings (SSSR count). The Labute approximate surface area is 178 Å². The number of ether oxygens (including phenoxy) is 1. The third kappa shape index (κ3) is 4.86. The van der Waals surface area contributed by atoms with Gasteiger partial charge in [-0.15, -0.1) is 10.2 Å². The van der Waals surface area contributed by atoms with Gasteiger partial charge in [0, 0.05) is 22.2 Å². The molecule has 1 heterocycles. The standard InChI is InChI=1S/C22H20ClN3O4/c1-14(27)15-4-10-19(11-5-15)29-13-21(28)26(18-8-9-18)12-20-24-25-22(30-20)16-2-6-17(23)7-3-16/h2-7,10-11,18H,8-9,12-13H2,1H3. The molecule has 0 unspecified atom stereocenters. The van der Waals surface area contributed by atoms with Crippen LogP contribution >= 0.6 is 11.6 Å². The number of aromatic nitrogens is 2. The van der Waals surface area contributed by atoms with E-state index in [0.717, 1.165) is 18.4 Å². The van der Waals surface area contributed by atoms with Gasteiger partial charge < -0.3 is 14.1 Å². The van der Waals surface area contributed by atoms with Crippen molar-refractivity contribution >= 4 is 23.3 Å². The summed E-state index contributed by atoms with van der Waals surface area (Å²) < 4.78 is 11.3. The molecule has 0 spiro atoms. The number of carbonyl (C=O) groups excluding carboxylic acids is 2. The van der Waals surface area contributed by atoms with Gasteiger partial charge in [-0.3, -0.25) is 9.59 Å². The average molecular weight is 426 g/mol. The largest absolute Gasteiger partial charge is 0.484 e. The summed E-state index contributed by atoms with van der Waals surface area (Å²) in [6.07, 6.45) is 1.88. The maximum atomic E-state index is 12.7. The number of hydrogen-bond acceptors (Lipinski definition) is 6. The van der Waals surface area contributed by atoms with Crippen molar-refractivity contribution in [3.05, 3.63) is 65.0 Å². The van der Waals surface area contributed by atoms with Gasteiger partial charge in [-0.1, -0.05) is 11.6 Å². The highest BCUT2D eigenvalue weighted by Gasteiger charge is 2.34. The SMILES string of the molecule is CC(=O)c1ccc(OCC(=O)N(Cc2nnc(-c3ccc(Cl)cc3)o2)C2CC2)cc1. The van der Waals surface area contributed by atoms with Crippen LogP contribution in [0, 0.1) is 0 Å². The molecular weight excluding hydrogens is 406 g/mol. The average Bonchev–Trinajstić information content (AvgIpc) is 3.48. The molecule has 1 amide bonds. The zero-order valence-electron chi connectivity index (χ0n) is 16.4. The van der Waals surface area contributed by atoms with Gasteiger partial charge in [0.1, 0.15) is 5.75 Å². The van der Waals surface area contributed by atoms with E-state index in [2.05, 4.69) is 10.2 Å². The Kier molecular flexibility index (Phi) is 5.81. The predicted molar refractivity (Wildman–Crippen MR) is 110 cm³/mol. The lowest BCUT2D eigenvalue weighted by Gasteiger charge is -2.20. The Hall–Kier alpha value is -3.19. The number of rotatable bonds is 8. The zero-order chi connectivity index (χ0) is 21.1. The van der Waals surface area contributed by atoms with Crippen molar-refractivity contribution in [2.45, 2.75) is 32.4 Å². The number of Topliss-reactive ketones (excluding diaryl/α,β-unsaturated/α-hetero) is 1. The van der Waals surface area contributed by atoms with Gasteiger partial charge in [0.05, 0.1) is 6.54 Å². The van der Waals surface area contributed by atoms with Crippen molar-refractivity contribution < 1.29 is 18.7 Å². The summed E-state index contributed by atoms with van der Waals surface area (Å²) in [5.41, 5.74) is 1.36. The van der Waals surface area contributed by atoms with Gasteiger partial charge in [-0.05, 0) is 68.3 Å². The smallest absolute Gasteiger partial charge is 0.261 e. The van der Waals surface area contributed by atoms with E-state index >= 15 is 0 Å². The minimum absolute atomic E-state index is 0.0185. The molecule has 3 aromatic rings. The highest BCUT2D eigenvalue weighted by atomic mass is 35.5. The van der Waals surface area contributed by atoms with Gasteiger partial charge in [0.25, 0.3) is 5.91 Å². The second kappa shape index (κ2) is 8.67. The lowest BCUT2D eigenvalue weighted by atomic mass is 10.1. The molecule has 7 nitrogen and oxygen atoms in total. The number of halogens is 1. The first kappa shape index (κ1) is 20.1. The molecule has 0 aliphatic heterocycles. The normalized spacial score (nSPS) is 13.1. The number of hydrogen-bond donors (Lipinski definition) is 0. The fourth-order valence-corrected chi connectivity index (χ4v) is 3.12. The second-order valence-corrected chi connectivity index (χ2v) is 7.57. The van der Waals surface area contributed by atoms with Crippen molar-refractivity contribution in [2.75, 3.05) is 6.61 Å². The van der Waals surface area contributed by atoms with E-state index in [9.17, 15) is 9.59 Å². The molecule has 30 heavy (non-hydrogen) atoms. The van der Waals surface area contributed by atoms with Crippen molar-refractivity contribution in [1.82, 2.24) is 15.1 Å². The minimum atomic E-state index is -0.153. The fourth-order valence-electron chi connectivity index (χ4n) is 2.99. The number of amides is 1. The summed E-state index contributed by atoms with van der Waals surface area (Å²) in [7, 11) is 0. The van der Waals surface area contributed by atoms with E-state index < -0.39 is 0 Å². The van der Waals surface area contributed by atoms with Gasteiger partial charge in [0.15, 0.2) is 12.4 Å². The maximum Gasteiger partial charge on any atom is 0.261 e. The van der Waals surface area contributed by atoms with Crippen molar-refractivity contribution in [1.29, 1.82) is 0 Å². The molecule has 0 atom stereocenters. The van der Waals surface area contributed by atoms with E-state index in [1.807, 2.05) is 0 Å². The van der Waals surface area contributed by atoms with Gasteiger partial charge in [-0.2, -0.15) is 0 Å². The van der Waals surface area contributed by atoms with E-state index in [4.69, 9.17) is 20.8 Å². The summed E-state index contributed by atoms with van der Waals surface area (Å²) in [6.45, 7) is 1.63. The number of ketones is 1. The summed E-state index contributed by atoms with van der Waals surface area (Å²) in [4.78, 5) is 25.8. The monoisotopic (exact) mass is 425 g/mol. The van der Waals surface area contributed by atoms with Crippen LogP contribution in [0.25, 0.3) is 11.5 Å². The summed E-state index contributed by atoms with van der Waals surface area (Å²) in [5, 5.41) is 8.77. The minimum Gasteiger partial charge on any atom is -0.484 e. The van der Waals surface area contributed by atoms with E-state index in [1.165, 1.54) is 6.92 Å². The van der Waals surface area contributed by atoms with Crippen LogP contribution in [0.15, 0.2) is 52.9 Å². The third-order valence-corrected chi connectivity index (χ3v) is 5.05. The van der Waals surface area contributed by atoms with Crippen LogP contribution in [0.1, 0.15) is 36.0 Å². The first-order chi connectivity index (χ1) is 14.5. The molecular formula is C22H20ClN3O4. The Morgan fingerprint density at radius 2 is 1.80 bits per heavy atom. The Bertz CT molecular complexity index is 1040. The lowest BCUT2D eigenvalue weighted by molar-refractivity contribution is -0.134. The molecule has 1 aromatic heterocycles. The molecule has 1 saturated carbocycles. The van der Waals surface area contributed by atoms with Crippen LogP contribution < -0.4 is 4.74 Å². The van der Waals surface area contributed by atoms with Crippen LogP contribution in [-0.2, 0) is 11.3 Å². The topological polar surface area (TPSA) is 85.5 Å². The second-order valence-electron chi connectivity index (χ2n) is 7.13. The highest BCUT2D eigenvalue weighted by molar-refractivity contribution is 6.30. The van der Waals surface area contributed by atoms with Crippen LogP contribution in [0.4, 0.5) is 0 Å². The van der Waals surface area contributed by atoms with Gasteiger partial charge in [0.2, 0.25) is 11.8 Å². The number of carbonyl (C=O) groups is 2. The van der Waals surface area contributed by atoms with Crippen molar-refractivity contribution in [3.8, 4) is 17.2 Å². The lowest BCUT2D eigenvalue weighted by Crippen LogP contribution is -2.36. The Morgan fingerprint density at radius 1 is 1.10 bits per heavy atom. The summed E-state index contributed by atoms with van der Waals surface area (Å²) in [6, 6.07) is 14.0. The maximum absolute atomic E-state index is 12.7. The number of benzene rings is 2. The highest BCUT2D eigenvalue weighted by Crippen LogP contribution is 2.29. The number of nitrogens with zero attached hydrogens (tertiary/aromatic N) is 3. The first-order valence-electron chi connectivity index (χ1n) is 9.61. The molecule has 0 bridgehead atoms. The van der Waals surface area contributed by atoms with E-state index in [-0.39, 0.29) is 30.9 Å². The van der Waals surface area contributed by atoms with Crippen molar-refractivity contribution in [2.24, 2.45) is 0 Å². The molecule has 2 aromatic carbocycles. The molecule has 0 radical (unpaired) electrons. The molecule has 154 valence electrons. The summed E-state index contributed by atoms with van der Waals surface area (Å²) >= 11 is 5.91. The van der Waals surface area contributed by atoms with Gasteiger partial charge >= 0.3 is 0 Å². The van der Waals surface area contributed by atoms with Crippen LogP contribution in [0.5, 0.6) is 5.75 Å². The van der Waals surface area contributed by atoms with Crippen LogP contribution in [0.2, 0.25) is 5.02 Å². The summed E-state index contributed by atoms with van der Waals surface area (Å²) in [5.74, 6) is 1.11. The van der Waals surface area contributed by atoms with E-state index in [0.29, 0.717) is 28.1 Å². The van der Waals surface area contributed by atoms with Crippen LogP contribution in [-0.4, -0.2) is 39.4 Å². The van der Waals surface area contributed by atoms with Crippen molar-refractivity contribution in [3.63, 3.8) is 0 Å². The molecule has 8 heteroatoms. The molecule has 0 saturated heterocycles. The quantitative estimate of drug-likeness (QED) is 0.504. The molecule has 1 fully saturated rings. The molecule has 1 aliphatic rings. The molecule has 0 N–H and O–H groups in total. The van der Waals surface area contributed by atoms with E-state index in [1.54, 1.807) is 53.4 Å². The van der Waals surface area contributed by atoms with Crippen LogP contribution in [0.3, 0.4) is 0 Å². The predicted octanol–water partition coefficient (Wildman–Crippen LogP) is 4.16. The third-order valence-electron chi connectivity index (χ3n) is 4.79. The Balaban J connectivity index is 1.38. The molecule has 1 aliphatic carbocycles. The van der Waals surface area contributed by atoms with Gasteiger partial charge in [-0.25, -0.2) is 0 Å². The fraction of sp³-hybridized carbons (Fsp3) is 0.273. The first-order valence-corrected chi connectivity index (χ1v) is 9.99. The zero-order valence-corrected chi connectivity index (χ0v) is 17.1. The Morgan fingerprint density at radius 3 is 2.43 bits per heavy atom.